The second kappa shape index (κ2) is 8.87. The molecule has 0 aliphatic heterocycles. The number of carbonyl (C=O) groups is 1. The second-order valence-corrected chi connectivity index (χ2v) is 6.61. The number of alkyl halides is 3. The summed E-state index contributed by atoms with van der Waals surface area (Å²) in [6, 6.07) is 12.0. The number of anilines is 1. The van der Waals surface area contributed by atoms with Gasteiger partial charge in [-0.1, -0.05) is 23.8 Å². The average Bonchev–Trinajstić information content (AvgIpc) is 3.17. The molecule has 2 aromatic carbocycles. The molecule has 1 aromatic heterocycles. The van der Waals surface area contributed by atoms with Crippen LogP contribution in [0.3, 0.4) is 0 Å². The Morgan fingerprint density at radius 2 is 1.87 bits per heavy atom. The molecule has 0 unspecified atom stereocenters. The number of nitrogens with zero attached hydrogens (tertiary/aromatic N) is 3. The largest absolute Gasteiger partial charge is 0.434 e. The van der Waals surface area contributed by atoms with Crippen molar-refractivity contribution in [1.82, 2.24) is 15.1 Å². The maximum absolute atomic E-state index is 13.7. The van der Waals surface area contributed by atoms with Crippen molar-refractivity contribution in [1.29, 1.82) is 5.26 Å². The first-order valence-electron chi connectivity index (χ1n) is 9.15. The Hall–Kier alpha value is -3.87. The molecule has 1 amide bonds. The Morgan fingerprint density at radius 3 is 2.52 bits per heavy atom. The van der Waals surface area contributed by atoms with Crippen LogP contribution >= 0.6 is 0 Å². The second-order valence-electron chi connectivity index (χ2n) is 6.61. The van der Waals surface area contributed by atoms with E-state index in [2.05, 4.69) is 15.7 Å². The Morgan fingerprint density at radius 1 is 1.16 bits per heavy atom. The zero-order chi connectivity index (χ0) is 22.6. The predicted molar refractivity (Wildman–Crippen MR) is 105 cm³/mol. The van der Waals surface area contributed by atoms with Gasteiger partial charge in [0.15, 0.2) is 5.69 Å². The zero-order valence-electron chi connectivity index (χ0n) is 16.3. The number of amides is 1. The molecule has 0 bridgehead atoms. The first-order valence-corrected chi connectivity index (χ1v) is 9.15. The van der Waals surface area contributed by atoms with E-state index in [1.807, 2.05) is 0 Å². The van der Waals surface area contributed by atoms with Crippen molar-refractivity contribution in [3.63, 3.8) is 0 Å². The molecule has 0 aliphatic carbocycles. The molecule has 0 fully saturated rings. The third-order valence-corrected chi connectivity index (χ3v) is 4.41. The minimum Gasteiger partial charge on any atom is -0.382 e. The molecule has 3 rings (SSSR count). The molecule has 31 heavy (non-hydrogen) atoms. The number of rotatable bonds is 6. The lowest BCUT2D eigenvalue weighted by Gasteiger charge is -2.13. The molecule has 0 aliphatic rings. The molecular weight excluding hydrogens is 414 g/mol. The third kappa shape index (κ3) is 4.83. The number of nitriles is 1. The van der Waals surface area contributed by atoms with Crippen LogP contribution in [0.25, 0.3) is 5.69 Å². The van der Waals surface area contributed by atoms with Gasteiger partial charge in [0.05, 0.1) is 23.1 Å². The van der Waals surface area contributed by atoms with Crippen molar-refractivity contribution < 1.29 is 22.4 Å². The average molecular weight is 431 g/mol. The fraction of sp³-hybridized carbons (Fsp3) is 0.190. The van der Waals surface area contributed by atoms with Crippen LogP contribution in [0.1, 0.15) is 27.2 Å². The standard InChI is InChI=1S/C21H17F4N5O/c1-13-5-7-14(8-6-13)30-19(21(23,24)25)16(12-29-30)20(31)28-10-9-27-18-4-2-3-17(22)15(18)11-26/h2-8,12,27H,9-10H2,1H3,(H,28,31). The molecule has 10 heteroatoms. The van der Waals surface area contributed by atoms with E-state index in [1.54, 1.807) is 25.1 Å². The van der Waals surface area contributed by atoms with Crippen LogP contribution in [-0.4, -0.2) is 28.8 Å². The summed E-state index contributed by atoms with van der Waals surface area (Å²) in [5.41, 5.74) is -0.718. The van der Waals surface area contributed by atoms with Crippen LogP contribution in [0.2, 0.25) is 0 Å². The minimum atomic E-state index is -4.81. The Balaban J connectivity index is 1.73. The number of benzene rings is 2. The molecule has 2 N–H and O–H groups in total. The highest BCUT2D eigenvalue weighted by Crippen LogP contribution is 2.33. The molecule has 0 saturated heterocycles. The number of carbonyl (C=O) groups excluding carboxylic acids is 1. The summed E-state index contributed by atoms with van der Waals surface area (Å²) in [7, 11) is 0. The maximum atomic E-state index is 13.7. The first-order chi connectivity index (χ1) is 14.7. The highest BCUT2D eigenvalue weighted by atomic mass is 19.4. The van der Waals surface area contributed by atoms with Gasteiger partial charge in [-0.05, 0) is 31.2 Å². The van der Waals surface area contributed by atoms with Gasteiger partial charge in [-0.3, -0.25) is 4.79 Å². The van der Waals surface area contributed by atoms with E-state index in [0.29, 0.717) is 4.68 Å². The first kappa shape index (κ1) is 21.8. The summed E-state index contributed by atoms with van der Waals surface area (Å²) in [5.74, 6) is -1.65. The van der Waals surface area contributed by atoms with Crippen molar-refractivity contribution in [3.05, 3.63) is 76.9 Å². The van der Waals surface area contributed by atoms with Gasteiger partial charge in [0.25, 0.3) is 5.91 Å². The van der Waals surface area contributed by atoms with Crippen LogP contribution in [0.5, 0.6) is 0 Å². The van der Waals surface area contributed by atoms with Gasteiger partial charge in [-0.2, -0.15) is 23.5 Å². The smallest absolute Gasteiger partial charge is 0.382 e. The quantitative estimate of drug-likeness (QED) is 0.456. The monoisotopic (exact) mass is 431 g/mol. The lowest BCUT2D eigenvalue weighted by molar-refractivity contribution is -0.143. The minimum absolute atomic E-state index is 0.0623. The van der Waals surface area contributed by atoms with E-state index < -0.39 is 29.2 Å². The molecule has 0 atom stereocenters. The van der Waals surface area contributed by atoms with E-state index in [4.69, 9.17) is 5.26 Å². The van der Waals surface area contributed by atoms with Crippen molar-refractivity contribution in [2.24, 2.45) is 0 Å². The number of hydrogen-bond acceptors (Lipinski definition) is 4. The number of aromatic nitrogens is 2. The Kier molecular flexibility index (Phi) is 6.25. The van der Waals surface area contributed by atoms with Crippen molar-refractivity contribution >= 4 is 11.6 Å². The van der Waals surface area contributed by atoms with Crippen LogP contribution in [0, 0.1) is 24.1 Å². The number of hydrogen-bond donors (Lipinski definition) is 2. The molecular formula is C21H17F4N5O. The lowest BCUT2D eigenvalue weighted by Crippen LogP contribution is -2.30. The van der Waals surface area contributed by atoms with Gasteiger partial charge in [0.2, 0.25) is 0 Å². The van der Waals surface area contributed by atoms with E-state index in [1.165, 1.54) is 24.3 Å². The predicted octanol–water partition coefficient (Wildman–Crippen LogP) is 4.05. The molecule has 6 nitrogen and oxygen atoms in total. The van der Waals surface area contributed by atoms with E-state index in [9.17, 15) is 22.4 Å². The molecule has 0 saturated carbocycles. The van der Waals surface area contributed by atoms with Gasteiger partial charge >= 0.3 is 6.18 Å². The fourth-order valence-electron chi connectivity index (χ4n) is 2.92. The van der Waals surface area contributed by atoms with Crippen LogP contribution in [0.15, 0.2) is 48.7 Å². The summed E-state index contributed by atoms with van der Waals surface area (Å²) in [5, 5.41) is 17.9. The Bertz CT molecular complexity index is 1130. The molecule has 1 heterocycles. The third-order valence-electron chi connectivity index (χ3n) is 4.41. The van der Waals surface area contributed by atoms with E-state index >= 15 is 0 Å². The molecule has 0 spiro atoms. The van der Waals surface area contributed by atoms with E-state index in [0.717, 1.165) is 17.8 Å². The molecule has 3 aromatic rings. The van der Waals surface area contributed by atoms with Gasteiger partial charge < -0.3 is 10.6 Å². The molecule has 0 radical (unpaired) electrons. The summed E-state index contributed by atoms with van der Waals surface area (Å²) >= 11 is 0. The summed E-state index contributed by atoms with van der Waals surface area (Å²) < 4.78 is 55.3. The number of nitrogens with one attached hydrogen (secondary N) is 2. The van der Waals surface area contributed by atoms with Crippen LogP contribution < -0.4 is 10.6 Å². The maximum Gasteiger partial charge on any atom is 0.434 e. The van der Waals surface area contributed by atoms with E-state index in [-0.39, 0.29) is 30.0 Å². The topological polar surface area (TPSA) is 82.7 Å². The Labute approximate surface area is 175 Å². The lowest BCUT2D eigenvalue weighted by atomic mass is 10.2. The van der Waals surface area contributed by atoms with Crippen LogP contribution in [0.4, 0.5) is 23.2 Å². The number of halogens is 4. The summed E-state index contributed by atoms with van der Waals surface area (Å²) in [6.07, 6.45) is -3.94. The highest BCUT2D eigenvalue weighted by Gasteiger charge is 2.40. The van der Waals surface area contributed by atoms with Crippen molar-refractivity contribution in [2.45, 2.75) is 13.1 Å². The van der Waals surface area contributed by atoms with Gasteiger partial charge in [-0.15, -0.1) is 0 Å². The van der Waals surface area contributed by atoms with Gasteiger partial charge in [-0.25, -0.2) is 9.07 Å². The van der Waals surface area contributed by atoms with Crippen molar-refractivity contribution in [2.75, 3.05) is 18.4 Å². The van der Waals surface area contributed by atoms with Crippen molar-refractivity contribution in [3.8, 4) is 11.8 Å². The summed E-state index contributed by atoms with van der Waals surface area (Å²) in [4.78, 5) is 12.4. The highest BCUT2D eigenvalue weighted by molar-refractivity contribution is 5.95. The summed E-state index contributed by atoms with van der Waals surface area (Å²) in [6.45, 7) is 1.80. The van der Waals surface area contributed by atoms with Gasteiger partial charge in [0, 0.05) is 13.1 Å². The normalized spacial score (nSPS) is 11.1. The molecule has 160 valence electrons. The zero-order valence-corrected chi connectivity index (χ0v) is 16.3. The van der Waals surface area contributed by atoms with Crippen LogP contribution in [-0.2, 0) is 6.18 Å². The van der Waals surface area contributed by atoms with Gasteiger partial charge in [0.1, 0.15) is 17.4 Å². The number of aryl methyl sites for hydroxylation is 1. The fourth-order valence-corrected chi connectivity index (χ4v) is 2.92. The SMILES string of the molecule is Cc1ccc(-n2ncc(C(=O)NCCNc3cccc(F)c3C#N)c2C(F)(F)F)cc1.